The Hall–Kier alpha value is -1.14. The van der Waals surface area contributed by atoms with Crippen LogP contribution in [-0.2, 0) is 4.74 Å². The maximum Gasteiger partial charge on any atom is 0.339 e. The van der Waals surface area contributed by atoms with E-state index in [1.165, 1.54) is 0 Å². The smallest absolute Gasteiger partial charge is 0.339 e. The van der Waals surface area contributed by atoms with Crippen LogP contribution in [0.5, 0.6) is 0 Å². The molecule has 5 nitrogen and oxygen atoms in total. The molecule has 0 amide bonds. The summed E-state index contributed by atoms with van der Waals surface area (Å²) in [6.45, 7) is 3.96. The number of carboxylic acids is 1. The molecule has 1 aliphatic rings. The molecule has 0 radical (unpaired) electrons. The van der Waals surface area contributed by atoms with Crippen molar-refractivity contribution in [2.24, 2.45) is 0 Å². The largest absolute Gasteiger partial charge is 0.478 e. The van der Waals surface area contributed by atoms with Crippen molar-refractivity contribution in [3.8, 4) is 0 Å². The lowest BCUT2D eigenvalue weighted by atomic mass is 10.1. The van der Waals surface area contributed by atoms with Gasteiger partial charge in [-0.05, 0) is 28.4 Å². The number of pyridine rings is 1. The molecule has 18 heavy (non-hydrogen) atoms. The van der Waals surface area contributed by atoms with Gasteiger partial charge in [-0.25, -0.2) is 9.78 Å². The van der Waals surface area contributed by atoms with Crippen LogP contribution in [0.1, 0.15) is 23.7 Å². The molecular weight excluding hydrogens is 300 g/mol. The Kier molecular flexibility index (Phi) is 4.19. The minimum absolute atomic E-state index is 0.186. The molecule has 0 aliphatic carbocycles. The van der Waals surface area contributed by atoms with E-state index in [0.717, 1.165) is 6.42 Å². The van der Waals surface area contributed by atoms with E-state index in [1.54, 1.807) is 12.3 Å². The minimum Gasteiger partial charge on any atom is -0.478 e. The lowest BCUT2D eigenvalue weighted by Gasteiger charge is -2.36. The molecule has 2 heterocycles. The van der Waals surface area contributed by atoms with Crippen molar-refractivity contribution < 1.29 is 14.6 Å². The van der Waals surface area contributed by atoms with E-state index in [1.807, 2.05) is 4.90 Å². The van der Waals surface area contributed by atoms with Gasteiger partial charge in [0.25, 0.3) is 0 Å². The van der Waals surface area contributed by atoms with Crippen LogP contribution in [0.2, 0.25) is 0 Å². The fraction of sp³-hybridized carbons (Fsp3) is 0.500. The van der Waals surface area contributed by atoms with Gasteiger partial charge >= 0.3 is 5.97 Å². The lowest BCUT2D eigenvalue weighted by Crippen LogP contribution is -2.46. The van der Waals surface area contributed by atoms with E-state index < -0.39 is 5.97 Å². The van der Waals surface area contributed by atoms with Crippen LogP contribution in [0.4, 0.5) is 5.82 Å². The number of hydrogen-bond donors (Lipinski definition) is 1. The first kappa shape index (κ1) is 13.3. The SMILES string of the molecule is CCC1COCCN1c1ncc(Br)cc1C(=O)O. The first-order chi connectivity index (χ1) is 8.63. The molecular formula is C12H15BrN2O3. The molecule has 98 valence electrons. The van der Waals surface area contributed by atoms with E-state index in [2.05, 4.69) is 27.8 Å². The van der Waals surface area contributed by atoms with E-state index in [9.17, 15) is 9.90 Å². The van der Waals surface area contributed by atoms with Crippen LogP contribution in [0.15, 0.2) is 16.7 Å². The average Bonchev–Trinajstić information content (AvgIpc) is 2.38. The first-order valence-corrected chi connectivity index (χ1v) is 6.66. The van der Waals surface area contributed by atoms with Crippen molar-refractivity contribution in [1.29, 1.82) is 0 Å². The van der Waals surface area contributed by atoms with E-state index in [4.69, 9.17) is 4.74 Å². The van der Waals surface area contributed by atoms with Crippen molar-refractivity contribution >= 4 is 27.7 Å². The quantitative estimate of drug-likeness (QED) is 0.926. The molecule has 1 saturated heterocycles. The highest BCUT2D eigenvalue weighted by molar-refractivity contribution is 9.10. The molecule has 1 aromatic heterocycles. The Morgan fingerprint density at radius 1 is 1.72 bits per heavy atom. The molecule has 1 atom stereocenters. The molecule has 0 spiro atoms. The summed E-state index contributed by atoms with van der Waals surface area (Å²) in [5.74, 6) is -0.430. The molecule has 0 aromatic carbocycles. The molecule has 0 saturated carbocycles. The highest BCUT2D eigenvalue weighted by Crippen LogP contribution is 2.25. The van der Waals surface area contributed by atoms with Gasteiger partial charge in [0.05, 0.1) is 19.3 Å². The third-order valence-corrected chi connectivity index (χ3v) is 3.47. The number of rotatable bonds is 3. The third kappa shape index (κ3) is 2.64. The van der Waals surface area contributed by atoms with Gasteiger partial charge in [0.1, 0.15) is 11.4 Å². The van der Waals surface area contributed by atoms with Crippen molar-refractivity contribution in [3.63, 3.8) is 0 Å². The summed E-state index contributed by atoms with van der Waals surface area (Å²) in [5.41, 5.74) is 0.227. The van der Waals surface area contributed by atoms with Crippen LogP contribution >= 0.6 is 15.9 Å². The number of nitrogens with zero attached hydrogens (tertiary/aromatic N) is 2. The van der Waals surface area contributed by atoms with Crippen molar-refractivity contribution in [3.05, 3.63) is 22.3 Å². The highest BCUT2D eigenvalue weighted by Gasteiger charge is 2.26. The van der Waals surface area contributed by atoms with E-state index in [0.29, 0.717) is 30.0 Å². The molecule has 1 aliphatic heterocycles. The van der Waals surface area contributed by atoms with Crippen LogP contribution in [0.25, 0.3) is 0 Å². The number of aromatic nitrogens is 1. The van der Waals surface area contributed by atoms with Crippen LogP contribution in [0.3, 0.4) is 0 Å². The lowest BCUT2D eigenvalue weighted by molar-refractivity contribution is 0.0693. The summed E-state index contributed by atoms with van der Waals surface area (Å²) in [4.78, 5) is 17.6. The molecule has 1 unspecified atom stereocenters. The third-order valence-electron chi connectivity index (χ3n) is 3.03. The number of carbonyl (C=O) groups is 1. The van der Waals surface area contributed by atoms with Gasteiger partial charge in [0, 0.05) is 17.2 Å². The van der Waals surface area contributed by atoms with Crippen molar-refractivity contribution in [2.75, 3.05) is 24.7 Å². The Morgan fingerprint density at radius 3 is 3.17 bits per heavy atom. The highest BCUT2D eigenvalue weighted by atomic mass is 79.9. The van der Waals surface area contributed by atoms with Crippen molar-refractivity contribution in [1.82, 2.24) is 4.98 Å². The molecule has 0 bridgehead atoms. The van der Waals surface area contributed by atoms with Gasteiger partial charge in [0.2, 0.25) is 0 Å². The second kappa shape index (κ2) is 5.67. The van der Waals surface area contributed by atoms with E-state index in [-0.39, 0.29) is 11.6 Å². The Labute approximate surface area is 114 Å². The van der Waals surface area contributed by atoms with Crippen LogP contribution < -0.4 is 4.90 Å². The molecule has 1 fully saturated rings. The number of ether oxygens (including phenoxy) is 1. The Morgan fingerprint density at radius 2 is 2.50 bits per heavy atom. The number of hydrogen-bond acceptors (Lipinski definition) is 4. The van der Waals surface area contributed by atoms with Crippen LogP contribution in [0, 0.1) is 0 Å². The van der Waals surface area contributed by atoms with Gasteiger partial charge in [-0.1, -0.05) is 6.92 Å². The zero-order chi connectivity index (χ0) is 13.1. The van der Waals surface area contributed by atoms with Gasteiger partial charge in [0.15, 0.2) is 0 Å². The summed E-state index contributed by atoms with van der Waals surface area (Å²) < 4.78 is 6.09. The summed E-state index contributed by atoms with van der Waals surface area (Å²) in [6, 6.07) is 1.78. The van der Waals surface area contributed by atoms with Gasteiger partial charge < -0.3 is 14.7 Å². The molecule has 1 N–H and O–H groups in total. The zero-order valence-electron chi connectivity index (χ0n) is 10.1. The second-order valence-corrected chi connectivity index (χ2v) is 5.08. The summed E-state index contributed by atoms with van der Waals surface area (Å²) in [5, 5.41) is 9.26. The number of aromatic carboxylic acids is 1. The number of carboxylic acid groups (broad SMARTS) is 1. The fourth-order valence-corrected chi connectivity index (χ4v) is 2.42. The van der Waals surface area contributed by atoms with Crippen LogP contribution in [-0.4, -0.2) is 41.9 Å². The predicted molar refractivity (Wildman–Crippen MR) is 71.1 cm³/mol. The summed E-state index contributed by atoms with van der Waals surface area (Å²) in [7, 11) is 0. The van der Waals surface area contributed by atoms with Gasteiger partial charge in [-0.3, -0.25) is 0 Å². The Balaban J connectivity index is 2.39. The van der Waals surface area contributed by atoms with E-state index >= 15 is 0 Å². The maximum absolute atomic E-state index is 11.3. The maximum atomic E-state index is 11.3. The molecule has 2 rings (SSSR count). The second-order valence-electron chi connectivity index (χ2n) is 4.16. The molecule has 6 heteroatoms. The monoisotopic (exact) mass is 314 g/mol. The Bertz CT molecular complexity index is 453. The first-order valence-electron chi connectivity index (χ1n) is 5.86. The molecule has 1 aromatic rings. The number of morpholine rings is 1. The summed E-state index contributed by atoms with van der Waals surface area (Å²) in [6.07, 6.45) is 2.53. The fourth-order valence-electron chi connectivity index (χ4n) is 2.09. The normalized spacial score (nSPS) is 19.9. The topological polar surface area (TPSA) is 62.7 Å². The van der Waals surface area contributed by atoms with Gasteiger partial charge in [-0.15, -0.1) is 0 Å². The number of halogens is 1. The predicted octanol–water partition coefficient (Wildman–Crippen LogP) is 2.16. The zero-order valence-corrected chi connectivity index (χ0v) is 11.7. The standard InChI is InChI=1S/C12H15BrN2O3/c1-2-9-7-18-4-3-15(9)11-10(12(16)17)5-8(13)6-14-11/h5-6,9H,2-4,7H2,1H3,(H,16,17). The van der Waals surface area contributed by atoms with Gasteiger partial charge in [-0.2, -0.15) is 0 Å². The average molecular weight is 315 g/mol. The summed E-state index contributed by atoms with van der Waals surface area (Å²) >= 11 is 3.25. The number of anilines is 1. The van der Waals surface area contributed by atoms with Crippen molar-refractivity contribution in [2.45, 2.75) is 19.4 Å². The minimum atomic E-state index is -0.958.